The number of nitrogens with one attached hydrogen (secondary N) is 1. The van der Waals surface area contributed by atoms with Crippen molar-refractivity contribution in [1.29, 1.82) is 0 Å². The first kappa shape index (κ1) is 11.1. The molecule has 18 heavy (non-hydrogen) atoms. The Kier molecular flexibility index (Phi) is 3.17. The Hall–Kier alpha value is -1.97. The van der Waals surface area contributed by atoms with Crippen LogP contribution in [0.2, 0.25) is 0 Å². The molecular weight excluding hydrogens is 224 g/mol. The van der Waals surface area contributed by atoms with Gasteiger partial charge < -0.3 is 5.32 Å². The summed E-state index contributed by atoms with van der Waals surface area (Å²) < 4.78 is 0. The standard InChI is InChI=1S/C14H16N4/c1-2-4-13(3-1)18-14-16-9-12(10-17-14)11-5-7-15-8-6-11/h5-10,13H,1-4H2,(H,16,17,18). The Balaban J connectivity index is 1.72. The monoisotopic (exact) mass is 240 g/mol. The third kappa shape index (κ3) is 2.47. The third-order valence-corrected chi connectivity index (χ3v) is 3.35. The quantitative estimate of drug-likeness (QED) is 0.896. The highest BCUT2D eigenvalue weighted by atomic mass is 15.1. The summed E-state index contributed by atoms with van der Waals surface area (Å²) >= 11 is 0. The molecule has 1 aliphatic carbocycles. The van der Waals surface area contributed by atoms with Gasteiger partial charge in [-0.1, -0.05) is 12.8 Å². The molecule has 0 spiro atoms. The molecule has 2 heterocycles. The zero-order chi connectivity index (χ0) is 12.2. The highest BCUT2D eigenvalue weighted by molar-refractivity contribution is 5.61. The van der Waals surface area contributed by atoms with Gasteiger partial charge in [-0.05, 0) is 30.5 Å². The molecule has 1 fully saturated rings. The lowest BCUT2D eigenvalue weighted by molar-refractivity contribution is 0.744. The summed E-state index contributed by atoms with van der Waals surface area (Å²) in [5.74, 6) is 0.736. The lowest BCUT2D eigenvalue weighted by Crippen LogP contribution is -2.16. The van der Waals surface area contributed by atoms with Gasteiger partial charge in [0.1, 0.15) is 0 Å². The van der Waals surface area contributed by atoms with Crippen LogP contribution < -0.4 is 5.32 Å². The predicted octanol–water partition coefficient (Wildman–Crippen LogP) is 2.89. The number of rotatable bonds is 3. The molecule has 0 atom stereocenters. The fourth-order valence-electron chi connectivity index (χ4n) is 2.35. The van der Waals surface area contributed by atoms with Crippen molar-refractivity contribution in [2.45, 2.75) is 31.7 Å². The fourth-order valence-corrected chi connectivity index (χ4v) is 2.35. The average Bonchev–Trinajstić information content (AvgIpc) is 2.94. The molecule has 1 N–H and O–H groups in total. The molecule has 0 radical (unpaired) electrons. The lowest BCUT2D eigenvalue weighted by atomic mass is 10.1. The topological polar surface area (TPSA) is 50.7 Å². The van der Waals surface area contributed by atoms with Crippen molar-refractivity contribution >= 4 is 5.95 Å². The molecule has 2 aromatic rings. The molecule has 0 aromatic carbocycles. The summed E-state index contributed by atoms with van der Waals surface area (Å²) in [4.78, 5) is 12.8. The Morgan fingerprint density at radius 1 is 0.944 bits per heavy atom. The lowest BCUT2D eigenvalue weighted by Gasteiger charge is -2.11. The highest BCUT2D eigenvalue weighted by Gasteiger charge is 2.15. The highest BCUT2D eigenvalue weighted by Crippen LogP contribution is 2.21. The van der Waals surface area contributed by atoms with Gasteiger partial charge in [-0.2, -0.15) is 0 Å². The van der Waals surface area contributed by atoms with Gasteiger partial charge in [0, 0.05) is 36.4 Å². The van der Waals surface area contributed by atoms with Gasteiger partial charge in [0.25, 0.3) is 0 Å². The van der Waals surface area contributed by atoms with E-state index < -0.39 is 0 Å². The van der Waals surface area contributed by atoms with Gasteiger partial charge in [0.2, 0.25) is 5.95 Å². The van der Waals surface area contributed by atoms with Crippen LogP contribution in [0.3, 0.4) is 0 Å². The first-order valence-electron chi connectivity index (χ1n) is 6.41. The van der Waals surface area contributed by atoms with Crippen molar-refractivity contribution in [3.8, 4) is 11.1 Å². The normalized spacial score (nSPS) is 15.8. The molecule has 0 aliphatic heterocycles. The van der Waals surface area contributed by atoms with E-state index in [1.54, 1.807) is 12.4 Å². The van der Waals surface area contributed by atoms with Crippen LogP contribution in [0, 0.1) is 0 Å². The number of nitrogens with zero attached hydrogens (tertiary/aromatic N) is 3. The van der Waals surface area contributed by atoms with Crippen molar-refractivity contribution in [3.63, 3.8) is 0 Å². The number of hydrogen-bond acceptors (Lipinski definition) is 4. The van der Waals surface area contributed by atoms with Crippen LogP contribution in [0.1, 0.15) is 25.7 Å². The molecule has 2 aromatic heterocycles. The summed E-state index contributed by atoms with van der Waals surface area (Å²) in [6.45, 7) is 0. The van der Waals surface area contributed by atoms with Crippen LogP contribution in [-0.2, 0) is 0 Å². The summed E-state index contributed by atoms with van der Waals surface area (Å²) in [5.41, 5.74) is 2.12. The van der Waals surface area contributed by atoms with Gasteiger partial charge in [-0.15, -0.1) is 0 Å². The van der Waals surface area contributed by atoms with Gasteiger partial charge in [-0.3, -0.25) is 4.98 Å². The van der Waals surface area contributed by atoms with E-state index in [-0.39, 0.29) is 0 Å². The molecule has 0 saturated heterocycles. The predicted molar refractivity (Wildman–Crippen MR) is 71.1 cm³/mol. The molecule has 4 heteroatoms. The Labute approximate surface area is 107 Å². The third-order valence-electron chi connectivity index (χ3n) is 3.35. The first-order chi connectivity index (χ1) is 8.92. The van der Waals surface area contributed by atoms with Crippen LogP contribution in [-0.4, -0.2) is 21.0 Å². The molecule has 3 rings (SSSR count). The number of aromatic nitrogens is 3. The minimum atomic E-state index is 0.553. The second-order valence-corrected chi connectivity index (χ2v) is 4.66. The molecule has 4 nitrogen and oxygen atoms in total. The minimum absolute atomic E-state index is 0.553. The summed E-state index contributed by atoms with van der Waals surface area (Å²) in [7, 11) is 0. The molecule has 0 amide bonds. The second-order valence-electron chi connectivity index (χ2n) is 4.66. The SMILES string of the molecule is c1cc(-c2cnc(NC3CCCC3)nc2)ccn1. The van der Waals surface area contributed by atoms with E-state index in [0.29, 0.717) is 6.04 Å². The maximum atomic E-state index is 4.38. The Bertz CT molecular complexity index is 489. The van der Waals surface area contributed by atoms with Crippen molar-refractivity contribution in [2.75, 3.05) is 5.32 Å². The molecular formula is C14H16N4. The van der Waals surface area contributed by atoms with Crippen LogP contribution in [0.4, 0.5) is 5.95 Å². The maximum Gasteiger partial charge on any atom is 0.222 e. The Morgan fingerprint density at radius 3 is 2.28 bits per heavy atom. The van der Waals surface area contributed by atoms with E-state index in [1.165, 1.54) is 25.7 Å². The minimum Gasteiger partial charge on any atom is -0.351 e. The van der Waals surface area contributed by atoms with Gasteiger partial charge >= 0.3 is 0 Å². The van der Waals surface area contributed by atoms with E-state index in [0.717, 1.165) is 17.1 Å². The molecule has 92 valence electrons. The van der Waals surface area contributed by atoms with E-state index in [4.69, 9.17) is 0 Å². The van der Waals surface area contributed by atoms with E-state index in [9.17, 15) is 0 Å². The molecule has 0 bridgehead atoms. The maximum absolute atomic E-state index is 4.38. The van der Waals surface area contributed by atoms with Gasteiger partial charge in [-0.25, -0.2) is 9.97 Å². The van der Waals surface area contributed by atoms with Crippen LogP contribution in [0.25, 0.3) is 11.1 Å². The van der Waals surface area contributed by atoms with Crippen molar-refractivity contribution in [1.82, 2.24) is 15.0 Å². The summed E-state index contributed by atoms with van der Waals surface area (Å²) in [5, 5.41) is 3.38. The summed E-state index contributed by atoms with van der Waals surface area (Å²) in [6, 6.07) is 4.47. The van der Waals surface area contributed by atoms with E-state index in [1.807, 2.05) is 24.5 Å². The zero-order valence-corrected chi connectivity index (χ0v) is 10.2. The van der Waals surface area contributed by atoms with E-state index in [2.05, 4.69) is 20.3 Å². The van der Waals surface area contributed by atoms with Crippen molar-refractivity contribution in [3.05, 3.63) is 36.9 Å². The number of pyridine rings is 1. The number of anilines is 1. The molecule has 0 unspecified atom stereocenters. The smallest absolute Gasteiger partial charge is 0.222 e. The molecule has 1 saturated carbocycles. The van der Waals surface area contributed by atoms with Gasteiger partial charge in [0.15, 0.2) is 0 Å². The molecule has 1 aliphatic rings. The Morgan fingerprint density at radius 2 is 1.61 bits per heavy atom. The van der Waals surface area contributed by atoms with Gasteiger partial charge in [0.05, 0.1) is 0 Å². The van der Waals surface area contributed by atoms with Crippen LogP contribution in [0.15, 0.2) is 36.9 Å². The van der Waals surface area contributed by atoms with Crippen LogP contribution >= 0.6 is 0 Å². The average molecular weight is 240 g/mol. The van der Waals surface area contributed by atoms with E-state index >= 15 is 0 Å². The second kappa shape index (κ2) is 5.12. The van der Waals surface area contributed by atoms with Crippen LogP contribution in [0.5, 0.6) is 0 Å². The largest absolute Gasteiger partial charge is 0.351 e. The number of hydrogen-bond donors (Lipinski definition) is 1. The van der Waals surface area contributed by atoms with Crippen molar-refractivity contribution in [2.24, 2.45) is 0 Å². The van der Waals surface area contributed by atoms with Crippen molar-refractivity contribution < 1.29 is 0 Å². The zero-order valence-electron chi connectivity index (χ0n) is 10.2. The summed E-state index contributed by atoms with van der Waals surface area (Å²) in [6.07, 6.45) is 12.4. The fraction of sp³-hybridized carbons (Fsp3) is 0.357. The first-order valence-corrected chi connectivity index (χ1v) is 6.41.